The number of rotatable bonds is 6. The SMILES string of the molecule is CCCn1cc(N)c(C(=O)NCCN(C)C)n1. The Morgan fingerprint density at radius 3 is 2.88 bits per heavy atom. The molecular formula is C11H21N5O. The standard InChI is InChI=1S/C11H21N5O/c1-4-6-16-8-9(12)10(14-16)11(17)13-5-7-15(2)3/h8H,4-7,12H2,1-3H3,(H,13,17). The molecule has 1 aromatic heterocycles. The lowest BCUT2D eigenvalue weighted by molar-refractivity contribution is 0.0946. The average molecular weight is 239 g/mol. The zero-order chi connectivity index (χ0) is 12.8. The van der Waals surface area contributed by atoms with E-state index in [9.17, 15) is 4.79 Å². The molecule has 1 amide bonds. The summed E-state index contributed by atoms with van der Waals surface area (Å²) in [4.78, 5) is 13.8. The molecule has 1 rings (SSSR count). The van der Waals surface area contributed by atoms with Crippen LogP contribution in [-0.2, 0) is 6.54 Å². The Hall–Kier alpha value is -1.56. The van der Waals surface area contributed by atoms with Crippen LogP contribution in [0, 0.1) is 0 Å². The fourth-order valence-corrected chi connectivity index (χ4v) is 1.43. The third-order valence-electron chi connectivity index (χ3n) is 2.30. The Bertz CT molecular complexity index is 372. The van der Waals surface area contributed by atoms with E-state index in [4.69, 9.17) is 5.73 Å². The molecule has 0 unspecified atom stereocenters. The van der Waals surface area contributed by atoms with Crippen molar-refractivity contribution >= 4 is 11.6 Å². The van der Waals surface area contributed by atoms with Crippen molar-refractivity contribution in [2.24, 2.45) is 0 Å². The molecule has 0 spiro atoms. The Labute approximate surface area is 102 Å². The number of amides is 1. The van der Waals surface area contributed by atoms with Crippen LogP contribution < -0.4 is 11.1 Å². The molecule has 0 radical (unpaired) electrons. The molecule has 1 aromatic rings. The summed E-state index contributed by atoms with van der Waals surface area (Å²) in [6.45, 7) is 4.21. The summed E-state index contributed by atoms with van der Waals surface area (Å²) < 4.78 is 1.70. The molecule has 0 aliphatic rings. The Kier molecular flexibility index (Phi) is 4.96. The number of carbonyl (C=O) groups is 1. The molecule has 0 saturated carbocycles. The van der Waals surface area contributed by atoms with Crippen molar-refractivity contribution in [2.45, 2.75) is 19.9 Å². The molecular weight excluding hydrogens is 218 g/mol. The molecule has 17 heavy (non-hydrogen) atoms. The van der Waals surface area contributed by atoms with Gasteiger partial charge in [-0.25, -0.2) is 0 Å². The summed E-state index contributed by atoms with van der Waals surface area (Å²) in [6.07, 6.45) is 2.66. The largest absolute Gasteiger partial charge is 0.396 e. The molecule has 3 N–H and O–H groups in total. The number of carbonyl (C=O) groups excluding carboxylic acids is 1. The third kappa shape index (κ3) is 4.07. The van der Waals surface area contributed by atoms with E-state index < -0.39 is 0 Å². The number of nitrogen functional groups attached to an aromatic ring is 1. The zero-order valence-electron chi connectivity index (χ0n) is 10.7. The molecule has 6 heteroatoms. The monoisotopic (exact) mass is 239 g/mol. The number of aryl methyl sites for hydroxylation is 1. The number of nitrogens with zero attached hydrogens (tertiary/aromatic N) is 3. The highest BCUT2D eigenvalue weighted by Gasteiger charge is 2.13. The van der Waals surface area contributed by atoms with Gasteiger partial charge in [0, 0.05) is 25.8 Å². The van der Waals surface area contributed by atoms with E-state index in [1.165, 1.54) is 0 Å². The number of nitrogens with one attached hydrogen (secondary N) is 1. The van der Waals surface area contributed by atoms with Crippen molar-refractivity contribution in [2.75, 3.05) is 32.9 Å². The summed E-state index contributed by atoms with van der Waals surface area (Å²) in [6, 6.07) is 0. The van der Waals surface area contributed by atoms with E-state index in [0.29, 0.717) is 17.9 Å². The highest BCUT2D eigenvalue weighted by molar-refractivity contribution is 5.96. The van der Waals surface area contributed by atoms with Crippen molar-refractivity contribution in [3.05, 3.63) is 11.9 Å². The molecule has 0 aromatic carbocycles. The van der Waals surface area contributed by atoms with Crippen LogP contribution in [0.3, 0.4) is 0 Å². The zero-order valence-corrected chi connectivity index (χ0v) is 10.7. The third-order valence-corrected chi connectivity index (χ3v) is 2.30. The fraction of sp³-hybridized carbons (Fsp3) is 0.636. The molecule has 0 saturated heterocycles. The normalized spacial score (nSPS) is 10.8. The number of anilines is 1. The molecule has 96 valence electrons. The van der Waals surface area contributed by atoms with Crippen LogP contribution in [-0.4, -0.2) is 47.8 Å². The minimum absolute atomic E-state index is 0.209. The van der Waals surface area contributed by atoms with Crippen molar-refractivity contribution < 1.29 is 4.79 Å². The van der Waals surface area contributed by atoms with E-state index in [1.807, 2.05) is 19.0 Å². The maximum absolute atomic E-state index is 11.8. The van der Waals surface area contributed by atoms with E-state index in [-0.39, 0.29) is 5.91 Å². The smallest absolute Gasteiger partial charge is 0.273 e. The first-order valence-electron chi connectivity index (χ1n) is 5.80. The summed E-state index contributed by atoms with van der Waals surface area (Å²) in [5.74, 6) is -0.209. The van der Waals surface area contributed by atoms with Gasteiger partial charge in [0.25, 0.3) is 5.91 Å². The predicted molar refractivity (Wildman–Crippen MR) is 67.8 cm³/mol. The van der Waals surface area contributed by atoms with Crippen LogP contribution in [0.1, 0.15) is 23.8 Å². The average Bonchev–Trinajstić information content (AvgIpc) is 2.59. The summed E-state index contributed by atoms with van der Waals surface area (Å²) >= 11 is 0. The van der Waals surface area contributed by atoms with Crippen LogP contribution >= 0.6 is 0 Å². The first kappa shape index (κ1) is 13.5. The number of hydrogen-bond acceptors (Lipinski definition) is 4. The number of hydrogen-bond donors (Lipinski definition) is 2. The number of nitrogens with two attached hydrogens (primary N) is 1. The van der Waals surface area contributed by atoms with E-state index in [0.717, 1.165) is 19.5 Å². The first-order chi connectivity index (χ1) is 8.04. The van der Waals surface area contributed by atoms with Gasteiger partial charge in [0.05, 0.1) is 5.69 Å². The second kappa shape index (κ2) is 6.24. The number of likely N-dealkylation sites (N-methyl/N-ethyl adjacent to an activating group) is 1. The van der Waals surface area contributed by atoms with Crippen LogP contribution in [0.2, 0.25) is 0 Å². The topological polar surface area (TPSA) is 76.2 Å². The number of aromatic nitrogens is 2. The van der Waals surface area contributed by atoms with Crippen molar-refractivity contribution in [3.63, 3.8) is 0 Å². The maximum Gasteiger partial charge on any atom is 0.273 e. The van der Waals surface area contributed by atoms with E-state index in [2.05, 4.69) is 17.3 Å². The molecule has 0 atom stereocenters. The van der Waals surface area contributed by atoms with Gasteiger partial charge in [-0.1, -0.05) is 6.92 Å². The minimum Gasteiger partial charge on any atom is -0.396 e. The molecule has 0 bridgehead atoms. The molecule has 0 aliphatic carbocycles. The molecule has 6 nitrogen and oxygen atoms in total. The van der Waals surface area contributed by atoms with E-state index >= 15 is 0 Å². The van der Waals surface area contributed by atoms with Gasteiger partial charge < -0.3 is 16.0 Å². The van der Waals surface area contributed by atoms with Crippen molar-refractivity contribution in [3.8, 4) is 0 Å². The molecule has 1 heterocycles. The van der Waals surface area contributed by atoms with Gasteiger partial charge in [-0.15, -0.1) is 0 Å². The van der Waals surface area contributed by atoms with Crippen LogP contribution in [0.15, 0.2) is 6.20 Å². The quantitative estimate of drug-likeness (QED) is 0.742. The van der Waals surface area contributed by atoms with Gasteiger partial charge in [-0.3, -0.25) is 9.48 Å². The first-order valence-corrected chi connectivity index (χ1v) is 5.80. The lowest BCUT2D eigenvalue weighted by Crippen LogP contribution is -2.32. The molecule has 0 aliphatic heterocycles. The minimum atomic E-state index is -0.209. The van der Waals surface area contributed by atoms with Crippen molar-refractivity contribution in [1.82, 2.24) is 20.0 Å². The predicted octanol–water partition coefficient (Wildman–Crippen LogP) is 0.167. The van der Waals surface area contributed by atoms with Gasteiger partial charge in [0.2, 0.25) is 0 Å². The van der Waals surface area contributed by atoms with Crippen LogP contribution in [0.5, 0.6) is 0 Å². The van der Waals surface area contributed by atoms with E-state index in [1.54, 1.807) is 10.9 Å². The lowest BCUT2D eigenvalue weighted by atomic mass is 10.3. The van der Waals surface area contributed by atoms with Crippen LogP contribution in [0.25, 0.3) is 0 Å². The Morgan fingerprint density at radius 2 is 2.29 bits per heavy atom. The highest BCUT2D eigenvalue weighted by atomic mass is 16.2. The second-order valence-corrected chi connectivity index (χ2v) is 4.26. The Balaban J connectivity index is 2.56. The van der Waals surface area contributed by atoms with Crippen LogP contribution in [0.4, 0.5) is 5.69 Å². The summed E-state index contributed by atoms with van der Waals surface area (Å²) in [7, 11) is 3.91. The van der Waals surface area contributed by atoms with Gasteiger partial charge in [-0.2, -0.15) is 5.10 Å². The summed E-state index contributed by atoms with van der Waals surface area (Å²) in [5, 5.41) is 6.95. The van der Waals surface area contributed by atoms with Gasteiger partial charge in [0.1, 0.15) is 0 Å². The van der Waals surface area contributed by atoms with Gasteiger partial charge >= 0.3 is 0 Å². The second-order valence-electron chi connectivity index (χ2n) is 4.26. The van der Waals surface area contributed by atoms with Crippen molar-refractivity contribution in [1.29, 1.82) is 0 Å². The Morgan fingerprint density at radius 1 is 1.59 bits per heavy atom. The lowest BCUT2D eigenvalue weighted by Gasteiger charge is -2.09. The highest BCUT2D eigenvalue weighted by Crippen LogP contribution is 2.08. The van der Waals surface area contributed by atoms with Gasteiger partial charge in [-0.05, 0) is 20.5 Å². The fourth-order valence-electron chi connectivity index (χ4n) is 1.43. The molecule has 0 fully saturated rings. The summed E-state index contributed by atoms with van der Waals surface area (Å²) in [5.41, 5.74) is 6.50. The maximum atomic E-state index is 11.8. The van der Waals surface area contributed by atoms with Gasteiger partial charge in [0.15, 0.2) is 5.69 Å².